The summed E-state index contributed by atoms with van der Waals surface area (Å²) in [6, 6.07) is 19.1. The van der Waals surface area contributed by atoms with Gasteiger partial charge in [-0.05, 0) is 47.7 Å². The lowest BCUT2D eigenvalue weighted by Gasteiger charge is -2.09. The molecule has 0 atom stereocenters. The maximum absolute atomic E-state index is 12.1. The monoisotopic (exact) mass is 474 g/mol. The zero-order valence-corrected chi connectivity index (χ0v) is 19.1. The van der Waals surface area contributed by atoms with E-state index < -0.39 is 6.09 Å². The number of imidazole rings is 1. The van der Waals surface area contributed by atoms with Crippen LogP contribution in [0.2, 0.25) is 5.15 Å². The van der Waals surface area contributed by atoms with Crippen LogP contribution in [0.1, 0.15) is 24.0 Å². The number of rotatable bonds is 8. The van der Waals surface area contributed by atoms with Gasteiger partial charge in [0.05, 0.1) is 30.1 Å². The van der Waals surface area contributed by atoms with Gasteiger partial charge in [-0.2, -0.15) is 5.26 Å². The fraction of sp³-hybridized carbons (Fsp3) is 0.200. The number of pyridine rings is 1. The molecule has 0 radical (unpaired) electrons. The van der Waals surface area contributed by atoms with Gasteiger partial charge < -0.3 is 20.4 Å². The number of unbranched alkanes of at least 4 members (excludes halogenated alkanes) is 1. The minimum atomic E-state index is -0.456. The van der Waals surface area contributed by atoms with Crippen LogP contribution in [-0.4, -0.2) is 27.2 Å². The van der Waals surface area contributed by atoms with Crippen molar-refractivity contribution in [1.82, 2.24) is 19.9 Å². The van der Waals surface area contributed by atoms with Crippen LogP contribution >= 0.6 is 11.6 Å². The Morgan fingerprint density at radius 1 is 1.15 bits per heavy atom. The summed E-state index contributed by atoms with van der Waals surface area (Å²) < 4.78 is 7.25. The number of anilines is 1. The minimum Gasteiger partial charge on any atom is -0.450 e. The number of amides is 1. The smallest absolute Gasteiger partial charge is 0.407 e. The third-order valence-corrected chi connectivity index (χ3v) is 5.54. The summed E-state index contributed by atoms with van der Waals surface area (Å²) >= 11 is 5.99. The molecule has 0 unspecified atom stereocenters. The summed E-state index contributed by atoms with van der Waals surface area (Å²) in [6.45, 7) is 1.37. The van der Waals surface area contributed by atoms with Crippen LogP contribution in [0.15, 0.2) is 60.9 Å². The van der Waals surface area contributed by atoms with Gasteiger partial charge in [0, 0.05) is 19.2 Å². The second-order valence-electron chi connectivity index (χ2n) is 7.72. The molecule has 3 N–H and O–H groups in total. The lowest BCUT2D eigenvalue weighted by molar-refractivity contribution is 0.143. The van der Waals surface area contributed by atoms with Crippen molar-refractivity contribution >= 4 is 34.5 Å². The Kier molecular flexibility index (Phi) is 7.25. The number of carbonyl (C=O) groups is 1. The molecule has 8 nitrogen and oxygen atoms in total. The van der Waals surface area contributed by atoms with E-state index in [2.05, 4.69) is 21.4 Å². The van der Waals surface area contributed by atoms with Gasteiger partial charge in [-0.1, -0.05) is 41.9 Å². The second-order valence-corrected chi connectivity index (χ2v) is 8.11. The molecule has 1 amide bonds. The molecule has 34 heavy (non-hydrogen) atoms. The Morgan fingerprint density at radius 2 is 1.97 bits per heavy atom. The molecular weight excluding hydrogens is 452 g/mol. The normalized spacial score (nSPS) is 10.7. The zero-order valence-electron chi connectivity index (χ0n) is 18.4. The van der Waals surface area contributed by atoms with Crippen molar-refractivity contribution in [2.45, 2.75) is 25.9 Å². The Hall–Kier alpha value is -4.09. The Bertz CT molecular complexity index is 1340. The van der Waals surface area contributed by atoms with Gasteiger partial charge in [0.25, 0.3) is 0 Å². The number of nitrogen functional groups attached to an aromatic ring is 1. The number of aromatic nitrogens is 3. The number of nitriles is 1. The molecule has 2 aromatic heterocycles. The lowest BCUT2D eigenvalue weighted by Crippen LogP contribution is -2.24. The highest BCUT2D eigenvalue weighted by Gasteiger charge is 2.09. The van der Waals surface area contributed by atoms with Crippen molar-refractivity contribution in [2.75, 3.05) is 12.3 Å². The van der Waals surface area contributed by atoms with Crippen LogP contribution in [0.3, 0.4) is 0 Å². The third kappa shape index (κ3) is 5.63. The van der Waals surface area contributed by atoms with E-state index in [1.165, 1.54) is 0 Å². The number of ether oxygens (including phenoxy) is 1. The van der Waals surface area contributed by atoms with E-state index in [4.69, 9.17) is 27.3 Å². The van der Waals surface area contributed by atoms with Crippen LogP contribution in [0, 0.1) is 11.3 Å². The fourth-order valence-corrected chi connectivity index (χ4v) is 3.80. The van der Waals surface area contributed by atoms with E-state index in [-0.39, 0.29) is 0 Å². The highest BCUT2D eigenvalue weighted by molar-refractivity contribution is 6.30. The topological polar surface area (TPSA) is 119 Å². The van der Waals surface area contributed by atoms with E-state index in [1.54, 1.807) is 24.5 Å². The molecule has 0 fully saturated rings. The molecule has 0 aliphatic heterocycles. The van der Waals surface area contributed by atoms with Crippen molar-refractivity contribution in [3.8, 4) is 17.2 Å². The number of benzene rings is 2. The number of alkyl carbamates (subject to hydrolysis) is 1. The maximum atomic E-state index is 12.1. The van der Waals surface area contributed by atoms with E-state index in [1.807, 2.05) is 41.0 Å². The summed E-state index contributed by atoms with van der Waals surface area (Å²) in [5.41, 5.74) is 10.9. The molecule has 4 rings (SSSR count). The van der Waals surface area contributed by atoms with Gasteiger partial charge in [0.1, 0.15) is 10.7 Å². The van der Waals surface area contributed by atoms with Crippen molar-refractivity contribution in [1.29, 1.82) is 5.26 Å². The van der Waals surface area contributed by atoms with Crippen LogP contribution in [-0.2, 0) is 17.8 Å². The first kappa shape index (κ1) is 23.1. The Labute approximate surface area is 202 Å². The van der Waals surface area contributed by atoms with Crippen molar-refractivity contribution in [2.24, 2.45) is 0 Å². The van der Waals surface area contributed by atoms with E-state index >= 15 is 0 Å². The zero-order chi connectivity index (χ0) is 23.9. The van der Waals surface area contributed by atoms with Crippen molar-refractivity contribution in [3.05, 3.63) is 77.2 Å². The number of nitrogens with zero attached hydrogens (tertiary/aromatic N) is 4. The molecule has 0 saturated carbocycles. The molecule has 0 spiro atoms. The average molecular weight is 475 g/mol. The number of hydrogen-bond donors (Lipinski definition) is 2. The summed E-state index contributed by atoms with van der Waals surface area (Å²) in [4.78, 5) is 20.4. The first-order valence-electron chi connectivity index (χ1n) is 10.8. The molecule has 172 valence electrons. The maximum Gasteiger partial charge on any atom is 0.407 e. The van der Waals surface area contributed by atoms with E-state index in [0.29, 0.717) is 48.2 Å². The predicted molar refractivity (Wildman–Crippen MR) is 131 cm³/mol. The van der Waals surface area contributed by atoms with E-state index in [9.17, 15) is 4.79 Å². The Morgan fingerprint density at radius 3 is 2.76 bits per heavy atom. The van der Waals surface area contributed by atoms with Crippen LogP contribution in [0.25, 0.3) is 22.2 Å². The molecule has 0 saturated heterocycles. The average Bonchev–Trinajstić information content (AvgIpc) is 3.26. The first-order valence-corrected chi connectivity index (χ1v) is 11.2. The Balaban J connectivity index is 1.20. The molecular formula is C25H23ClN6O2. The number of nitrogens with two attached hydrogens (primary N) is 1. The van der Waals surface area contributed by atoms with Crippen LogP contribution in [0.5, 0.6) is 0 Å². The number of halogens is 1. The van der Waals surface area contributed by atoms with Gasteiger partial charge in [-0.3, -0.25) is 0 Å². The van der Waals surface area contributed by atoms with Gasteiger partial charge in [0.15, 0.2) is 5.82 Å². The van der Waals surface area contributed by atoms with Gasteiger partial charge in [-0.15, -0.1) is 0 Å². The second kappa shape index (κ2) is 10.7. The molecule has 9 heteroatoms. The summed E-state index contributed by atoms with van der Waals surface area (Å²) in [5, 5.41) is 12.0. The molecule has 0 bridgehead atoms. The van der Waals surface area contributed by atoms with Crippen LogP contribution < -0.4 is 11.1 Å². The number of fused-ring (bicyclic) bond motifs is 1. The largest absolute Gasteiger partial charge is 0.450 e. The molecule has 2 aromatic carbocycles. The van der Waals surface area contributed by atoms with Crippen molar-refractivity contribution < 1.29 is 9.53 Å². The molecule has 2 heterocycles. The number of nitrogens with one attached hydrogen (secondary N) is 1. The highest BCUT2D eigenvalue weighted by Crippen LogP contribution is 2.22. The van der Waals surface area contributed by atoms with Gasteiger partial charge in [-0.25, -0.2) is 14.8 Å². The fourth-order valence-electron chi connectivity index (χ4n) is 3.60. The number of aryl methyl sites for hydroxylation is 1. The summed E-state index contributed by atoms with van der Waals surface area (Å²) in [7, 11) is 0. The minimum absolute atomic E-state index is 0.309. The molecule has 4 aromatic rings. The quantitative estimate of drug-likeness (QED) is 0.276. The SMILES string of the molecule is N#Cc1ccc(-c2cccc(CNC(=O)OCCCCn3cnc4c(N)nc(Cl)cc43)c2)cc1. The highest BCUT2D eigenvalue weighted by atomic mass is 35.5. The van der Waals surface area contributed by atoms with Crippen LogP contribution in [0.4, 0.5) is 10.6 Å². The number of carbonyl (C=O) groups excluding carboxylic acids is 1. The molecule has 0 aliphatic carbocycles. The van der Waals surface area contributed by atoms with E-state index in [0.717, 1.165) is 28.6 Å². The standard InChI is InChI=1S/C25H23ClN6O2/c26-22-13-21-23(24(28)31-22)30-16-32(21)10-1-2-11-34-25(33)29-15-18-4-3-5-20(12-18)19-8-6-17(14-27)7-9-19/h3-9,12-13,16H,1-2,10-11,15H2,(H2,28,31)(H,29,33). The summed E-state index contributed by atoms with van der Waals surface area (Å²) in [6.07, 6.45) is 2.75. The first-order chi connectivity index (χ1) is 16.5. The summed E-state index contributed by atoms with van der Waals surface area (Å²) in [5.74, 6) is 0.309. The lowest BCUT2D eigenvalue weighted by atomic mass is 10.0. The third-order valence-electron chi connectivity index (χ3n) is 5.34. The predicted octanol–water partition coefficient (Wildman–Crippen LogP) is 4.91. The van der Waals surface area contributed by atoms with Crippen molar-refractivity contribution in [3.63, 3.8) is 0 Å². The molecule has 0 aliphatic rings. The number of hydrogen-bond acceptors (Lipinski definition) is 6. The van der Waals surface area contributed by atoms with Gasteiger partial charge >= 0.3 is 6.09 Å². The van der Waals surface area contributed by atoms with Gasteiger partial charge in [0.2, 0.25) is 0 Å².